The molecule has 1 unspecified atom stereocenters. The molecule has 9 nitrogen and oxygen atoms in total. The highest BCUT2D eigenvalue weighted by atomic mass is 16.6. The van der Waals surface area contributed by atoms with Gasteiger partial charge in [0.2, 0.25) is 5.76 Å². The lowest BCUT2D eigenvalue weighted by molar-refractivity contribution is -0.328. The van der Waals surface area contributed by atoms with Crippen LogP contribution in [-0.4, -0.2) is 83.0 Å². The molecule has 1 fully saturated rings. The highest BCUT2D eigenvalue weighted by molar-refractivity contribution is 5.87. The fourth-order valence-electron chi connectivity index (χ4n) is 6.54. The maximum absolute atomic E-state index is 13.5. The Labute approximate surface area is 264 Å². The maximum atomic E-state index is 13.5. The van der Waals surface area contributed by atoms with Crippen molar-refractivity contribution in [3.05, 3.63) is 47.3 Å². The first-order valence-electron chi connectivity index (χ1n) is 15.9. The minimum Gasteiger partial charge on any atom is -0.490 e. The second-order valence-electron chi connectivity index (χ2n) is 13.6. The second-order valence-corrected chi connectivity index (χ2v) is 13.6. The first-order valence-corrected chi connectivity index (χ1v) is 15.9. The smallest absolute Gasteiger partial charge is 0.373 e. The van der Waals surface area contributed by atoms with Crippen molar-refractivity contribution in [3.63, 3.8) is 0 Å². The average molecular weight is 623 g/mol. The molecule has 12 atom stereocenters. The number of esters is 1. The molecule has 0 spiro atoms. The first kappa shape index (κ1) is 38.2. The molecule has 0 aromatic heterocycles. The topological polar surface area (TPSA) is 135 Å². The molecular formula is C35H58O9. The zero-order valence-corrected chi connectivity index (χ0v) is 28.6. The number of hydrogen-bond donors (Lipinski definition) is 4. The van der Waals surface area contributed by atoms with Crippen LogP contribution in [-0.2, 0) is 23.7 Å². The van der Waals surface area contributed by atoms with Crippen molar-refractivity contribution in [2.24, 2.45) is 35.5 Å². The third kappa shape index (κ3) is 9.50. The van der Waals surface area contributed by atoms with E-state index in [2.05, 4.69) is 0 Å². The van der Waals surface area contributed by atoms with Crippen molar-refractivity contribution < 1.29 is 44.2 Å². The van der Waals surface area contributed by atoms with Gasteiger partial charge >= 0.3 is 5.97 Å². The van der Waals surface area contributed by atoms with E-state index in [-0.39, 0.29) is 35.9 Å². The number of aliphatic hydroxyl groups is 4. The number of ether oxygens (including phenoxy) is 4. The number of aliphatic hydroxyl groups excluding tert-OH is 3. The molecule has 44 heavy (non-hydrogen) atoms. The molecule has 0 aromatic carbocycles. The predicted molar refractivity (Wildman–Crippen MR) is 170 cm³/mol. The number of carbonyl (C=O) groups excluding carboxylic acids is 1. The van der Waals surface area contributed by atoms with Crippen molar-refractivity contribution in [1.29, 1.82) is 0 Å². The first-order chi connectivity index (χ1) is 20.5. The van der Waals surface area contributed by atoms with Gasteiger partial charge in [-0.15, -0.1) is 0 Å². The molecule has 9 heteroatoms. The third-order valence-corrected chi connectivity index (χ3v) is 9.50. The summed E-state index contributed by atoms with van der Waals surface area (Å²) in [5.74, 6) is -4.49. The Morgan fingerprint density at radius 3 is 2.25 bits per heavy atom. The molecule has 0 aliphatic carbocycles. The predicted octanol–water partition coefficient (Wildman–Crippen LogP) is 4.69. The van der Waals surface area contributed by atoms with E-state index in [1.54, 1.807) is 26.0 Å². The number of methoxy groups -OCH3 is 2. The van der Waals surface area contributed by atoms with Gasteiger partial charge in [0.1, 0.15) is 12.2 Å². The van der Waals surface area contributed by atoms with Crippen LogP contribution in [0.15, 0.2) is 47.3 Å². The molecule has 2 rings (SSSR count). The van der Waals surface area contributed by atoms with Gasteiger partial charge in [-0.2, -0.15) is 0 Å². The van der Waals surface area contributed by atoms with Crippen molar-refractivity contribution in [2.75, 3.05) is 14.2 Å². The van der Waals surface area contributed by atoms with E-state index in [1.165, 1.54) is 14.2 Å². The lowest BCUT2D eigenvalue weighted by Crippen LogP contribution is -2.59. The van der Waals surface area contributed by atoms with Crippen LogP contribution in [0.4, 0.5) is 0 Å². The molecule has 2 aliphatic heterocycles. The van der Waals surface area contributed by atoms with Crippen molar-refractivity contribution >= 4 is 5.97 Å². The number of cyclic esters (lactones) is 1. The minimum absolute atomic E-state index is 0.00492. The Balaban J connectivity index is 2.52. The largest absolute Gasteiger partial charge is 0.490 e. The summed E-state index contributed by atoms with van der Waals surface area (Å²) in [5, 5.41) is 45.0. The zero-order chi connectivity index (χ0) is 33.5. The Morgan fingerprint density at radius 1 is 1.05 bits per heavy atom. The average Bonchev–Trinajstić information content (AvgIpc) is 2.96. The minimum atomic E-state index is -1.80. The second kappa shape index (κ2) is 16.5. The van der Waals surface area contributed by atoms with Crippen LogP contribution < -0.4 is 0 Å². The van der Waals surface area contributed by atoms with Gasteiger partial charge in [0, 0.05) is 37.2 Å². The zero-order valence-electron chi connectivity index (χ0n) is 28.6. The fourth-order valence-corrected chi connectivity index (χ4v) is 6.54. The van der Waals surface area contributed by atoms with Crippen molar-refractivity contribution in [1.82, 2.24) is 0 Å². The molecule has 1 saturated heterocycles. The molecule has 2 heterocycles. The van der Waals surface area contributed by atoms with Crippen LogP contribution in [0.3, 0.4) is 0 Å². The summed E-state index contributed by atoms with van der Waals surface area (Å²) in [4.78, 5) is 13.5. The van der Waals surface area contributed by atoms with Crippen LogP contribution in [0, 0.1) is 35.5 Å². The molecule has 0 amide bonds. The number of hydrogen-bond acceptors (Lipinski definition) is 9. The monoisotopic (exact) mass is 622 g/mol. The maximum Gasteiger partial charge on any atom is 0.373 e. The van der Waals surface area contributed by atoms with Crippen LogP contribution >= 0.6 is 0 Å². The van der Waals surface area contributed by atoms with Crippen LogP contribution in [0.2, 0.25) is 0 Å². The van der Waals surface area contributed by atoms with Gasteiger partial charge in [0.15, 0.2) is 5.79 Å². The van der Waals surface area contributed by atoms with Crippen LogP contribution in [0.5, 0.6) is 0 Å². The molecule has 0 radical (unpaired) electrons. The summed E-state index contributed by atoms with van der Waals surface area (Å²) in [7, 11) is 2.87. The Kier molecular flexibility index (Phi) is 14.3. The van der Waals surface area contributed by atoms with Crippen molar-refractivity contribution in [2.45, 2.75) is 118 Å². The van der Waals surface area contributed by atoms with Gasteiger partial charge < -0.3 is 39.4 Å². The van der Waals surface area contributed by atoms with Gasteiger partial charge in [-0.3, -0.25) is 0 Å². The number of allylic oxidation sites excluding steroid dienone is 5. The summed E-state index contributed by atoms with van der Waals surface area (Å²) in [6, 6.07) is 0. The highest BCUT2D eigenvalue weighted by Crippen LogP contribution is 2.41. The normalized spacial score (nSPS) is 40.0. The summed E-state index contributed by atoms with van der Waals surface area (Å²) in [6.07, 6.45) is 4.85. The fraction of sp³-hybridized carbons (Fsp3) is 0.743. The van der Waals surface area contributed by atoms with Gasteiger partial charge in [0.05, 0.1) is 31.5 Å². The molecule has 252 valence electrons. The van der Waals surface area contributed by atoms with Crippen LogP contribution in [0.1, 0.15) is 75.2 Å². The highest BCUT2D eigenvalue weighted by Gasteiger charge is 2.51. The Hall–Kier alpha value is -2.01. The number of rotatable bonds is 7. The lowest BCUT2D eigenvalue weighted by Gasteiger charge is -2.49. The number of carbonyl (C=O) groups is 1. The summed E-state index contributed by atoms with van der Waals surface area (Å²) in [6.45, 7) is 17.0. The van der Waals surface area contributed by atoms with E-state index in [1.807, 2.05) is 66.7 Å². The molecule has 0 aromatic rings. The lowest BCUT2D eigenvalue weighted by atomic mass is 9.76. The summed E-state index contributed by atoms with van der Waals surface area (Å²) in [5.41, 5.74) is 1.78. The van der Waals surface area contributed by atoms with E-state index < -0.39 is 60.2 Å². The molecule has 2 aliphatic rings. The van der Waals surface area contributed by atoms with Gasteiger partial charge in [-0.25, -0.2) is 4.79 Å². The van der Waals surface area contributed by atoms with Gasteiger partial charge in [-0.05, 0) is 38.2 Å². The van der Waals surface area contributed by atoms with Crippen molar-refractivity contribution in [3.8, 4) is 0 Å². The molecule has 4 N–H and O–H groups in total. The van der Waals surface area contributed by atoms with E-state index in [9.17, 15) is 25.2 Å². The quantitative estimate of drug-likeness (QED) is 0.298. The van der Waals surface area contributed by atoms with E-state index in [0.29, 0.717) is 6.42 Å². The van der Waals surface area contributed by atoms with Gasteiger partial charge in [0.25, 0.3) is 0 Å². The Bertz CT molecular complexity index is 1060. The SMILES string of the molecule is COC1=C/C(C)=C/[C@@H](C)[C@@H](O)[C@@H](C)C/C(C)=C/C=C\[C@H](OC)C([C@@H](C)[C@@H](O)[C@H](C)[C@@]2(O)C[C@@H](O)[C@H](C)[C@@H](C(C)C)O2)OC1=O. The van der Waals surface area contributed by atoms with E-state index in [4.69, 9.17) is 18.9 Å². The standard InChI is InChI=1S/C35H58O9/c1-19(2)32-24(7)27(36)18-35(40,44-32)26(9)31(38)25(8)33-28(41-10)14-12-13-20(3)15-22(5)30(37)23(6)16-21(4)17-29(42-11)34(39)43-33/h12-14,16-17,19,22-28,30-33,36-38,40H,15,18H2,1-11H3/b14-12-,20-13+,21-16+,29-17?/t22-,23+,24-,25-,26-,27+,28-,30-,31+,32+,33?,35+/m0/s1. The third-order valence-electron chi connectivity index (χ3n) is 9.50. The Morgan fingerprint density at radius 2 is 1.68 bits per heavy atom. The molecule has 0 saturated carbocycles. The summed E-state index contributed by atoms with van der Waals surface area (Å²) < 4.78 is 23.4. The molecule has 0 bridgehead atoms. The van der Waals surface area contributed by atoms with E-state index >= 15 is 0 Å². The summed E-state index contributed by atoms with van der Waals surface area (Å²) >= 11 is 0. The van der Waals surface area contributed by atoms with Gasteiger partial charge in [-0.1, -0.05) is 83.9 Å². The molecular weight excluding hydrogens is 564 g/mol. The van der Waals surface area contributed by atoms with E-state index in [0.717, 1.165) is 11.1 Å². The van der Waals surface area contributed by atoms with Crippen LogP contribution in [0.25, 0.3) is 0 Å².